The summed E-state index contributed by atoms with van der Waals surface area (Å²) >= 11 is 5.64. The van der Waals surface area contributed by atoms with Crippen molar-refractivity contribution in [1.29, 1.82) is 0 Å². The Morgan fingerprint density at radius 2 is 2.00 bits per heavy atom. The lowest BCUT2D eigenvalue weighted by Crippen LogP contribution is -2.23. The highest BCUT2D eigenvalue weighted by Crippen LogP contribution is 2.12. The quantitative estimate of drug-likeness (QED) is 0.827. The summed E-state index contributed by atoms with van der Waals surface area (Å²) in [6.07, 6.45) is 1.23. The highest BCUT2D eigenvalue weighted by Gasteiger charge is 2.14. The summed E-state index contributed by atoms with van der Waals surface area (Å²) in [7, 11) is -1.99. The number of nitrogens with one attached hydrogen (secondary N) is 1. The molecule has 0 aliphatic carbocycles. The molecule has 1 aromatic carbocycles. The molecule has 7 heteroatoms. The van der Waals surface area contributed by atoms with Crippen LogP contribution in [0.3, 0.4) is 0 Å². The Labute approximate surface area is 129 Å². The van der Waals surface area contributed by atoms with Gasteiger partial charge in [0.2, 0.25) is 10.0 Å². The fourth-order valence-corrected chi connectivity index (χ4v) is 2.85. The maximum atomic E-state index is 12.1. The second kappa shape index (κ2) is 7.00. The summed E-state index contributed by atoms with van der Waals surface area (Å²) in [6.45, 7) is 0.685. The number of pyridine rings is 1. The molecule has 0 bridgehead atoms. The minimum Gasteiger partial charge on any atom is -0.380 e. The van der Waals surface area contributed by atoms with E-state index in [1.165, 1.54) is 18.3 Å². The monoisotopic (exact) mass is 326 g/mol. The second-order valence-corrected chi connectivity index (χ2v) is 6.55. The van der Waals surface area contributed by atoms with Crippen LogP contribution in [-0.2, 0) is 27.9 Å². The number of aromatic nitrogens is 1. The Kier molecular flexibility index (Phi) is 5.30. The zero-order valence-corrected chi connectivity index (χ0v) is 13.0. The molecule has 2 rings (SSSR count). The van der Waals surface area contributed by atoms with Crippen LogP contribution in [0, 0.1) is 0 Å². The molecule has 5 nitrogen and oxygen atoms in total. The fraction of sp³-hybridized carbons (Fsp3) is 0.214. The number of ether oxygens (including phenoxy) is 1. The van der Waals surface area contributed by atoms with E-state index in [9.17, 15) is 8.42 Å². The van der Waals surface area contributed by atoms with Gasteiger partial charge >= 0.3 is 0 Å². The molecular formula is C14H15ClN2O3S. The molecule has 0 fully saturated rings. The SMILES string of the molecule is COCc1cccc(CNS(=O)(=O)c2ccc(Cl)nc2)c1. The summed E-state index contributed by atoms with van der Waals surface area (Å²) in [5, 5.41) is 0.251. The van der Waals surface area contributed by atoms with Crippen molar-refractivity contribution in [1.82, 2.24) is 9.71 Å². The maximum Gasteiger partial charge on any atom is 0.242 e. The van der Waals surface area contributed by atoms with Crippen LogP contribution >= 0.6 is 11.6 Å². The number of hydrogen-bond acceptors (Lipinski definition) is 4. The molecular weight excluding hydrogens is 312 g/mol. The van der Waals surface area contributed by atoms with E-state index in [4.69, 9.17) is 16.3 Å². The molecule has 0 aliphatic heterocycles. The number of methoxy groups -OCH3 is 1. The molecule has 2 aromatic rings. The minimum atomic E-state index is -3.60. The summed E-state index contributed by atoms with van der Waals surface area (Å²) in [5.74, 6) is 0. The molecule has 112 valence electrons. The first-order valence-corrected chi connectivity index (χ1v) is 8.05. The molecule has 0 aliphatic rings. The van der Waals surface area contributed by atoms with Gasteiger partial charge in [-0.15, -0.1) is 0 Å². The van der Waals surface area contributed by atoms with Crippen molar-refractivity contribution in [3.8, 4) is 0 Å². The molecule has 0 saturated carbocycles. The Hall–Kier alpha value is -1.47. The average Bonchev–Trinajstić information content (AvgIpc) is 2.47. The molecule has 0 amide bonds. The molecule has 0 radical (unpaired) electrons. The van der Waals surface area contributed by atoms with Crippen molar-refractivity contribution < 1.29 is 13.2 Å². The van der Waals surface area contributed by atoms with Gasteiger partial charge in [-0.2, -0.15) is 0 Å². The van der Waals surface area contributed by atoms with E-state index in [-0.39, 0.29) is 16.6 Å². The van der Waals surface area contributed by atoms with Gasteiger partial charge in [-0.25, -0.2) is 18.1 Å². The largest absolute Gasteiger partial charge is 0.380 e. The van der Waals surface area contributed by atoms with Crippen molar-refractivity contribution in [3.63, 3.8) is 0 Å². The number of rotatable bonds is 6. The van der Waals surface area contributed by atoms with Gasteiger partial charge in [0, 0.05) is 19.9 Å². The van der Waals surface area contributed by atoms with Crippen LogP contribution in [0.5, 0.6) is 0 Å². The Balaban J connectivity index is 2.08. The maximum absolute atomic E-state index is 12.1. The van der Waals surface area contributed by atoms with Gasteiger partial charge in [0.15, 0.2) is 0 Å². The van der Waals surface area contributed by atoms with Crippen molar-refractivity contribution in [2.75, 3.05) is 7.11 Å². The van der Waals surface area contributed by atoms with Crippen LogP contribution in [-0.4, -0.2) is 20.5 Å². The second-order valence-electron chi connectivity index (χ2n) is 4.39. The van der Waals surface area contributed by atoms with Crippen LogP contribution in [0.2, 0.25) is 5.15 Å². The van der Waals surface area contributed by atoms with Crippen molar-refractivity contribution in [2.24, 2.45) is 0 Å². The summed E-state index contributed by atoms with van der Waals surface area (Å²) in [4.78, 5) is 3.85. The zero-order chi connectivity index (χ0) is 15.3. The van der Waals surface area contributed by atoms with Gasteiger partial charge in [0.05, 0.1) is 6.61 Å². The van der Waals surface area contributed by atoms with E-state index in [0.717, 1.165) is 11.1 Å². The van der Waals surface area contributed by atoms with E-state index < -0.39 is 10.0 Å². The fourth-order valence-electron chi connectivity index (χ4n) is 1.78. The zero-order valence-electron chi connectivity index (χ0n) is 11.4. The van der Waals surface area contributed by atoms with Crippen LogP contribution in [0.1, 0.15) is 11.1 Å². The molecule has 0 atom stereocenters. The third-order valence-corrected chi connectivity index (χ3v) is 4.39. The first-order chi connectivity index (χ1) is 10.0. The molecule has 21 heavy (non-hydrogen) atoms. The summed E-state index contributed by atoms with van der Waals surface area (Å²) < 4.78 is 31.8. The van der Waals surface area contributed by atoms with Gasteiger partial charge < -0.3 is 4.74 Å². The topological polar surface area (TPSA) is 68.3 Å². The van der Waals surface area contributed by atoms with Crippen molar-refractivity contribution in [2.45, 2.75) is 18.0 Å². The van der Waals surface area contributed by atoms with Crippen LogP contribution < -0.4 is 4.72 Å². The highest BCUT2D eigenvalue weighted by molar-refractivity contribution is 7.89. The van der Waals surface area contributed by atoms with Crippen molar-refractivity contribution >= 4 is 21.6 Å². The molecule has 1 aromatic heterocycles. The number of benzene rings is 1. The van der Waals surface area contributed by atoms with E-state index in [0.29, 0.717) is 6.61 Å². The van der Waals surface area contributed by atoms with Crippen LogP contribution in [0.25, 0.3) is 0 Å². The number of nitrogens with zero attached hydrogens (tertiary/aromatic N) is 1. The molecule has 0 unspecified atom stereocenters. The lowest BCUT2D eigenvalue weighted by molar-refractivity contribution is 0.185. The lowest BCUT2D eigenvalue weighted by atomic mass is 10.1. The van der Waals surface area contributed by atoms with Crippen LogP contribution in [0.15, 0.2) is 47.5 Å². The van der Waals surface area contributed by atoms with Gasteiger partial charge in [-0.1, -0.05) is 35.9 Å². The normalized spacial score (nSPS) is 11.5. The van der Waals surface area contributed by atoms with Gasteiger partial charge in [-0.05, 0) is 23.3 Å². The van der Waals surface area contributed by atoms with E-state index >= 15 is 0 Å². The number of sulfonamides is 1. The van der Waals surface area contributed by atoms with Gasteiger partial charge in [0.1, 0.15) is 10.0 Å². The standard InChI is InChI=1S/C14H15ClN2O3S/c1-20-10-12-4-2-3-11(7-12)8-17-21(18,19)13-5-6-14(15)16-9-13/h2-7,9,17H,8,10H2,1H3. The smallest absolute Gasteiger partial charge is 0.242 e. The third kappa shape index (κ3) is 4.50. The number of hydrogen-bond donors (Lipinski definition) is 1. The Bertz CT molecular complexity index is 702. The van der Waals surface area contributed by atoms with Gasteiger partial charge in [0.25, 0.3) is 0 Å². The Morgan fingerprint density at radius 3 is 2.67 bits per heavy atom. The van der Waals surface area contributed by atoms with Crippen molar-refractivity contribution in [3.05, 3.63) is 58.9 Å². The van der Waals surface area contributed by atoms with E-state index in [1.54, 1.807) is 7.11 Å². The first-order valence-electron chi connectivity index (χ1n) is 6.19. The molecule has 1 heterocycles. The summed E-state index contributed by atoms with van der Waals surface area (Å²) in [6, 6.07) is 10.4. The predicted octanol–water partition coefficient (Wildman–Crippen LogP) is 2.36. The Morgan fingerprint density at radius 1 is 1.24 bits per heavy atom. The number of halogens is 1. The molecule has 1 N–H and O–H groups in total. The van der Waals surface area contributed by atoms with E-state index in [1.807, 2.05) is 24.3 Å². The minimum absolute atomic E-state index is 0.0833. The average molecular weight is 327 g/mol. The lowest BCUT2D eigenvalue weighted by Gasteiger charge is -2.08. The first kappa shape index (κ1) is 15.9. The highest BCUT2D eigenvalue weighted by atomic mass is 35.5. The third-order valence-electron chi connectivity index (χ3n) is 2.78. The molecule has 0 saturated heterocycles. The predicted molar refractivity (Wildman–Crippen MR) is 80.4 cm³/mol. The van der Waals surface area contributed by atoms with Crippen LogP contribution in [0.4, 0.5) is 0 Å². The van der Waals surface area contributed by atoms with Gasteiger partial charge in [-0.3, -0.25) is 0 Å². The van der Waals surface area contributed by atoms with E-state index in [2.05, 4.69) is 9.71 Å². The summed E-state index contributed by atoms with van der Waals surface area (Å²) in [5.41, 5.74) is 1.84. The molecule has 0 spiro atoms.